The Labute approximate surface area is 81.3 Å². The van der Waals surface area contributed by atoms with Gasteiger partial charge in [0.1, 0.15) is 0 Å². The van der Waals surface area contributed by atoms with Gasteiger partial charge in [-0.05, 0) is 30.9 Å². The van der Waals surface area contributed by atoms with Crippen LogP contribution in [0.25, 0.3) is 5.57 Å². The van der Waals surface area contributed by atoms with Gasteiger partial charge in [0, 0.05) is 0 Å². The molecule has 0 heterocycles. The molecule has 0 unspecified atom stereocenters. The summed E-state index contributed by atoms with van der Waals surface area (Å²) >= 11 is 0. The molecule has 0 amide bonds. The van der Waals surface area contributed by atoms with Gasteiger partial charge in [-0.3, -0.25) is 0 Å². The molecule has 1 aromatic rings. The lowest BCUT2D eigenvalue weighted by molar-refractivity contribution is 0.771. The van der Waals surface area contributed by atoms with Gasteiger partial charge in [-0.1, -0.05) is 49.8 Å². The molecule has 0 heteroatoms. The molecule has 0 bridgehead atoms. The Hall–Kier alpha value is -1.04. The predicted octanol–water partition coefficient (Wildman–Crippen LogP) is 4.14. The van der Waals surface area contributed by atoms with E-state index in [1.165, 1.54) is 16.7 Å². The quantitative estimate of drug-likeness (QED) is 0.632. The topological polar surface area (TPSA) is 0 Å². The standard InChI is InChI=1S/C13H18/c1-10(2)11(3)12(4)13-8-6-5-7-9-13/h5-10H,1-4H3/b12-11-. The fourth-order valence-electron chi connectivity index (χ4n) is 1.35. The number of benzene rings is 1. The summed E-state index contributed by atoms with van der Waals surface area (Å²) in [6.07, 6.45) is 0. The van der Waals surface area contributed by atoms with Gasteiger partial charge in [-0.2, -0.15) is 0 Å². The minimum atomic E-state index is 0.639. The van der Waals surface area contributed by atoms with E-state index in [0.717, 1.165) is 0 Å². The van der Waals surface area contributed by atoms with Crippen molar-refractivity contribution in [2.24, 2.45) is 5.92 Å². The Kier molecular flexibility index (Phi) is 3.30. The molecule has 0 radical (unpaired) electrons. The number of allylic oxidation sites excluding steroid dienone is 2. The summed E-state index contributed by atoms with van der Waals surface area (Å²) in [4.78, 5) is 0. The highest BCUT2D eigenvalue weighted by atomic mass is 14.1. The van der Waals surface area contributed by atoms with E-state index in [1.54, 1.807) is 0 Å². The minimum Gasteiger partial charge on any atom is -0.0672 e. The Morgan fingerprint density at radius 3 is 2.00 bits per heavy atom. The van der Waals surface area contributed by atoms with Crippen LogP contribution in [-0.2, 0) is 0 Å². The molecule has 0 atom stereocenters. The maximum atomic E-state index is 2.24. The fraction of sp³-hybridized carbons (Fsp3) is 0.385. The number of hydrogen-bond donors (Lipinski definition) is 0. The molecule has 1 rings (SSSR count). The smallest absolute Gasteiger partial charge is 0.0228 e. The predicted molar refractivity (Wildman–Crippen MR) is 59.5 cm³/mol. The third kappa shape index (κ3) is 2.45. The van der Waals surface area contributed by atoms with E-state index >= 15 is 0 Å². The lowest BCUT2D eigenvalue weighted by Gasteiger charge is -2.11. The Morgan fingerprint density at radius 1 is 1.00 bits per heavy atom. The van der Waals surface area contributed by atoms with E-state index in [-0.39, 0.29) is 0 Å². The van der Waals surface area contributed by atoms with Crippen LogP contribution in [-0.4, -0.2) is 0 Å². The van der Waals surface area contributed by atoms with Gasteiger partial charge < -0.3 is 0 Å². The van der Waals surface area contributed by atoms with Crippen LogP contribution >= 0.6 is 0 Å². The first kappa shape index (κ1) is 10.0. The highest BCUT2D eigenvalue weighted by Crippen LogP contribution is 2.22. The SMILES string of the molecule is C/C(=C(\C)C(C)C)c1ccccc1. The average Bonchev–Trinajstić information content (AvgIpc) is 2.17. The summed E-state index contributed by atoms with van der Waals surface area (Å²) in [5.74, 6) is 0.639. The van der Waals surface area contributed by atoms with Gasteiger partial charge in [-0.15, -0.1) is 0 Å². The van der Waals surface area contributed by atoms with E-state index < -0.39 is 0 Å². The van der Waals surface area contributed by atoms with Crippen molar-refractivity contribution in [3.63, 3.8) is 0 Å². The summed E-state index contributed by atoms with van der Waals surface area (Å²) in [5.41, 5.74) is 4.23. The van der Waals surface area contributed by atoms with Crippen LogP contribution in [0.15, 0.2) is 35.9 Å². The van der Waals surface area contributed by atoms with Gasteiger partial charge in [0.05, 0.1) is 0 Å². The summed E-state index contributed by atoms with van der Waals surface area (Å²) in [6, 6.07) is 10.6. The lowest BCUT2D eigenvalue weighted by atomic mass is 9.95. The fourth-order valence-corrected chi connectivity index (χ4v) is 1.35. The van der Waals surface area contributed by atoms with Crippen LogP contribution in [0, 0.1) is 5.92 Å². The van der Waals surface area contributed by atoms with E-state index in [0.29, 0.717) is 5.92 Å². The molecule has 1 aromatic carbocycles. The number of rotatable bonds is 2. The second-order valence-corrected chi connectivity index (χ2v) is 3.83. The van der Waals surface area contributed by atoms with E-state index in [1.807, 2.05) is 0 Å². The molecule has 0 saturated heterocycles. The first-order chi connectivity index (χ1) is 6.13. The normalized spacial score (nSPS) is 13.0. The molecule has 13 heavy (non-hydrogen) atoms. The maximum Gasteiger partial charge on any atom is -0.0228 e. The highest BCUT2D eigenvalue weighted by Gasteiger charge is 2.02. The molecule has 0 saturated carbocycles. The second kappa shape index (κ2) is 4.27. The van der Waals surface area contributed by atoms with Crippen molar-refractivity contribution in [3.05, 3.63) is 41.5 Å². The highest BCUT2D eigenvalue weighted by molar-refractivity contribution is 5.66. The van der Waals surface area contributed by atoms with Gasteiger partial charge in [0.2, 0.25) is 0 Å². The molecule has 0 fully saturated rings. The van der Waals surface area contributed by atoms with Gasteiger partial charge in [0.25, 0.3) is 0 Å². The first-order valence-corrected chi connectivity index (χ1v) is 4.85. The van der Waals surface area contributed by atoms with E-state index in [9.17, 15) is 0 Å². The number of hydrogen-bond acceptors (Lipinski definition) is 0. The van der Waals surface area contributed by atoms with Crippen molar-refractivity contribution in [2.45, 2.75) is 27.7 Å². The van der Waals surface area contributed by atoms with E-state index in [4.69, 9.17) is 0 Å². The van der Waals surface area contributed by atoms with Crippen molar-refractivity contribution < 1.29 is 0 Å². The zero-order valence-electron chi connectivity index (χ0n) is 8.96. The van der Waals surface area contributed by atoms with Gasteiger partial charge >= 0.3 is 0 Å². The molecule has 0 aliphatic heterocycles. The van der Waals surface area contributed by atoms with Crippen molar-refractivity contribution in [1.82, 2.24) is 0 Å². The zero-order chi connectivity index (χ0) is 9.84. The van der Waals surface area contributed by atoms with Crippen LogP contribution < -0.4 is 0 Å². The van der Waals surface area contributed by atoms with Crippen LogP contribution in [0.4, 0.5) is 0 Å². The van der Waals surface area contributed by atoms with Crippen LogP contribution in [0.1, 0.15) is 33.3 Å². The van der Waals surface area contributed by atoms with Crippen molar-refractivity contribution in [2.75, 3.05) is 0 Å². The van der Waals surface area contributed by atoms with Crippen LogP contribution in [0.3, 0.4) is 0 Å². The Bertz CT molecular complexity index is 291. The Balaban J connectivity index is 3.03. The molecular formula is C13H18. The molecule has 0 nitrogen and oxygen atoms in total. The average molecular weight is 174 g/mol. The van der Waals surface area contributed by atoms with Gasteiger partial charge in [-0.25, -0.2) is 0 Å². The third-order valence-corrected chi connectivity index (χ3v) is 2.66. The minimum absolute atomic E-state index is 0.639. The van der Waals surface area contributed by atoms with E-state index in [2.05, 4.69) is 58.0 Å². The molecule has 70 valence electrons. The summed E-state index contributed by atoms with van der Waals surface area (Å²) < 4.78 is 0. The second-order valence-electron chi connectivity index (χ2n) is 3.83. The molecule has 0 spiro atoms. The summed E-state index contributed by atoms with van der Waals surface area (Å²) in [5, 5.41) is 0. The zero-order valence-corrected chi connectivity index (χ0v) is 8.96. The summed E-state index contributed by atoms with van der Waals surface area (Å²) in [6.45, 7) is 8.89. The molecule has 0 aliphatic rings. The lowest BCUT2D eigenvalue weighted by Crippen LogP contribution is -1.92. The molecular weight excluding hydrogens is 156 g/mol. The molecule has 0 aromatic heterocycles. The largest absolute Gasteiger partial charge is 0.0672 e. The van der Waals surface area contributed by atoms with Gasteiger partial charge in [0.15, 0.2) is 0 Å². The Morgan fingerprint density at radius 2 is 1.54 bits per heavy atom. The van der Waals surface area contributed by atoms with Crippen molar-refractivity contribution in [3.8, 4) is 0 Å². The van der Waals surface area contributed by atoms with Crippen molar-refractivity contribution in [1.29, 1.82) is 0 Å². The third-order valence-electron chi connectivity index (χ3n) is 2.66. The maximum absolute atomic E-state index is 2.24. The summed E-state index contributed by atoms with van der Waals surface area (Å²) in [7, 11) is 0. The van der Waals surface area contributed by atoms with Crippen molar-refractivity contribution >= 4 is 5.57 Å². The first-order valence-electron chi connectivity index (χ1n) is 4.85. The van der Waals surface area contributed by atoms with Crippen LogP contribution in [0.5, 0.6) is 0 Å². The van der Waals surface area contributed by atoms with Crippen LogP contribution in [0.2, 0.25) is 0 Å². The monoisotopic (exact) mass is 174 g/mol. The molecule has 0 aliphatic carbocycles. The molecule has 0 N–H and O–H groups in total.